The molecule has 6 aromatic rings. The number of fused-ring (bicyclic) bond motifs is 2. The first kappa shape index (κ1) is 21.1. The number of nitrogens with zero attached hydrogens (tertiary/aromatic N) is 6. The molecule has 0 saturated heterocycles. The number of aromatic nitrogens is 6. The van der Waals surface area contributed by atoms with Gasteiger partial charge in [-0.3, -0.25) is 0 Å². The lowest BCUT2D eigenvalue weighted by Crippen LogP contribution is -2.37. The van der Waals surface area contributed by atoms with Gasteiger partial charge in [-0.25, -0.2) is 0 Å². The van der Waals surface area contributed by atoms with Crippen LogP contribution in [0, 0.1) is 24.3 Å². The van der Waals surface area contributed by atoms with Crippen molar-refractivity contribution >= 4 is 22.1 Å². The number of benzene rings is 4. The summed E-state index contributed by atoms with van der Waals surface area (Å²) in [5.41, 5.74) is 6.30. The fourth-order valence-electron chi connectivity index (χ4n) is 3.69. The Morgan fingerprint density at radius 2 is 1.09 bits per heavy atom. The SMILES string of the molecule is Cc1ccc(-n2nc3ccccc3[n+]2[O-])cc1.Cc1ccccc1-n1nc2ccccc2[n+]1[O-]. The predicted octanol–water partition coefficient (Wildman–Crippen LogP) is 3.93. The maximum absolute atomic E-state index is 12.1. The molecule has 8 heteroatoms. The molecular weight excluding hydrogens is 428 g/mol. The highest BCUT2D eigenvalue weighted by Crippen LogP contribution is 2.14. The highest BCUT2D eigenvalue weighted by Gasteiger charge is 2.16. The molecule has 0 bridgehead atoms. The lowest BCUT2D eigenvalue weighted by atomic mass is 10.2. The highest BCUT2D eigenvalue weighted by atomic mass is 16.5. The van der Waals surface area contributed by atoms with Crippen molar-refractivity contribution in [1.29, 1.82) is 0 Å². The first-order chi connectivity index (χ1) is 16.5. The molecule has 0 aliphatic carbocycles. The molecule has 0 unspecified atom stereocenters. The van der Waals surface area contributed by atoms with Crippen LogP contribution in [0.15, 0.2) is 97.1 Å². The summed E-state index contributed by atoms with van der Waals surface area (Å²) in [7, 11) is 0. The molecule has 0 N–H and O–H groups in total. The van der Waals surface area contributed by atoms with Crippen LogP contribution in [0.2, 0.25) is 0 Å². The summed E-state index contributed by atoms with van der Waals surface area (Å²) in [6, 6.07) is 30.0. The maximum atomic E-state index is 12.1. The Morgan fingerprint density at radius 1 is 0.588 bits per heavy atom. The molecule has 168 valence electrons. The summed E-state index contributed by atoms with van der Waals surface area (Å²) in [4.78, 5) is 4.38. The number of para-hydroxylation sites is 3. The summed E-state index contributed by atoms with van der Waals surface area (Å²) < 4.78 is 0. The Bertz CT molecular complexity index is 1600. The van der Waals surface area contributed by atoms with Gasteiger partial charge in [-0.15, -0.1) is 9.69 Å². The van der Waals surface area contributed by atoms with Crippen molar-refractivity contribution in [3.63, 3.8) is 0 Å². The van der Waals surface area contributed by atoms with Crippen LogP contribution in [0.1, 0.15) is 11.1 Å². The Morgan fingerprint density at radius 3 is 1.68 bits per heavy atom. The molecule has 0 spiro atoms. The van der Waals surface area contributed by atoms with E-state index in [4.69, 9.17) is 0 Å². The maximum Gasteiger partial charge on any atom is 0.250 e. The van der Waals surface area contributed by atoms with Gasteiger partial charge in [0.05, 0.1) is 10.2 Å². The molecule has 34 heavy (non-hydrogen) atoms. The molecule has 2 heterocycles. The zero-order valence-electron chi connectivity index (χ0n) is 18.7. The van der Waals surface area contributed by atoms with Crippen LogP contribution in [-0.4, -0.2) is 19.8 Å². The fourth-order valence-corrected chi connectivity index (χ4v) is 3.69. The minimum atomic E-state index is 0.577. The Kier molecular flexibility index (Phi) is 5.39. The first-order valence-corrected chi connectivity index (χ1v) is 10.8. The largest absolute Gasteiger partial charge is 0.692 e. The van der Waals surface area contributed by atoms with Crippen LogP contribution >= 0.6 is 0 Å². The van der Waals surface area contributed by atoms with Gasteiger partial charge in [0.25, 0.3) is 0 Å². The Hall–Kier alpha value is -4.72. The fraction of sp³-hybridized carbons (Fsp3) is 0.0769. The van der Waals surface area contributed by atoms with Crippen LogP contribution in [-0.2, 0) is 0 Å². The molecule has 0 radical (unpaired) electrons. The van der Waals surface area contributed by atoms with Crippen molar-refractivity contribution in [2.75, 3.05) is 0 Å². The van der Waals surface area contributed by atoms with Crippen molar-refractivity contribution in [2.45, 2.75) is 13.8 Å². The molecule has 8 nitrogen and oxygen atoms in total. The smallest absolute Gasteiger partial charge is 0.250 e. The summed E-state index contributed by atoms with van der Waals surface area (Å²) in [5.74, 6) is 0. The summed E-state index contributed by atoms with van der Waals surface area (Å²) in [6.07, 6.45) is 0. The first-order valence-electron chi connectivity index (χ1n) is 10.8. The van der Waals surface area contributed by atoms with E-state index in [1.807, 2.05) is 98.8 Å². The van der Waals surface area contributed by atoms with E-state index in [1.54, 1.807) is 12.1 Å². The second-order valence-electron chi connectivity index (χ2n) is 7.92. The van der Waals surface area contributed by atoms with Crippen molar-refractivity contribution in [3.05, 3.63) is 119 Å². The third kappa shape index (κ3) is 3.81. The molecule has 0 amide bonds. The Labute approximate surface area is 195 Å². The second kappa shape index (κ2) is 8.67. The summed E-state index contributed by atoms with van der Waals surface area (Å²) in [5, 5.41) is 32.7. The van der Waals surface area contributed by atoms with E-state index in [1.165, 1.54) is 9.59 Å². The molecule has 0 fully saturated rings. The van der Waals surface area contributed by atoms with Crippen LogP contribution < -0.4 is 9.69 Å². The van der Waals surface area contributed by atoms with Gasteiger partial charge in [0, 0.05) is 0 Å². The average molecular weight is 451 g/mol. The number of hydrogen-bond donors (Lipinski definition) is 0. The van der Waals surface area contributed by atoms with Gasteiger partial charge in [0.15, 0.2) is 0 Å². The normalized spacial score (nSPS) is 10.9. The highest BCUT2D eigenvalue weighted by molar-refractivity contribution is 5.71. The monoisotopic (exact) mass is 450 g/mol. The van der Waals surface area contributed by atoms with Gasteiger partial charge in [-0.1, -0.05) is 60.2 Å². The minimum absolute atomic E-state index is 0.577. The van der Waals surface area contributed by atoms with E-state index in [9.17, 15) is 10.4 Å². The zero-order valence-corrected chi connectivity index (χ0v) is 18.7. The van der Waals surface area contributed by atoms with Gasteiger partial charge in [-0.2, -0.15) is 0 Å². The lowest BCUT2D eigenvalue weighted by Gasteiger charge is -2.05. The van der Waals surface area contributed by atoms with Crippen LogP contribution in [0.3, 0.4) is 0 Å². The van der Waals surface area contributed by atoms with Crippen molar-refractivity contribution in [1.82, 2.24) is 19.8 Å². The van der Waals surface area contributed by atoms with E-state index < -0.39 is 0 Å². The molecular formula is C26H22N6O2. The predicted molar refractivity (Wildman–Crippen MR) is 130 cm³/mol. The zero-order chi connectivity index (χ0) is 23.7. The van der Waals surface area contributed by atoms with Gasteiger partial charge < -0.3 is 10.4 Å². The van der Waals surface area contributed by atoms with Gasteiger partial charge >= 0.3 is 0 Å². The second-order valence-corrected chi connectivity index (χ2v) is 7.92. The average Bonchev–Trinajstić information content (AvgIpc) is 3.38. The third-order valence-corrected chi connectivity index (χ3v) is 5.52. The number of hydrogen-bond acceptors (Lipinski definition) is 4. The van der Waals surface area contributed by atoms with Crippen molar-refractivity contribution in [3.8, 4) is 11.4 Å². The quantitative estimate of drug-likeness (QED) is 0.295. The van der Waals surface area contributed by atoms with Crippen LogP contribution in [0.25, 0.3) is 33.4 Å². The van der Waals surface area contributed by atoms with E-state index in [0.717, 1.165) is 32.2 Å². The van der Waals surface area contributed by atoms with E-state index >= 15 is 0 Å². The topological polar surface area (TPSA) is 89.5 Å². The molecule has 4 aromatic carbocycles. The van der Waals surface area contributed by atoms with Gasteiger partial charge in [0.2, 0.25) is 22.1 Å². The molecule has 0 atom stereocenters. The summed E-state index contributed by atoms with van der Waals surface area (Å²) in [6.45, 7) is 3.97. The molecule has 6 rings (SSSR count). The van der Waals surface area contributed by atoms with E-state index in [2.05, 4.69) is 10.2 Å². The molecule has 0 saturated carbocycles. The van der Waals surface area contributed by atoms with Crippen molar-refractivity contribution < 1.29 is 9.69 Å². The lowest BCUT2D eigenvalue weighted by molar-refractivity contribution is -0.664. The third-order valence-electron chi connectivity index (χ3n) is 5.52. The minimum Gasteiger partial charge on any atom is -0.692 e. The van der Waals surface area contributed by atoms with E-state index in [0.29, 0.717) is 22.1 Å². The van der Waals surface area contributed by atoms with Crippen molar-refractivity contribution in [2.24, 2.45) is 0 Å². The molecule has 0 aliphatic rings. The van der Waals surface area contributed by atoms with Crippen LogP contribution in [0.4, 0.5) is 0 Å². The molecule has 2 aromatic heterocycles. The van der Waals surface area contributed by atoms with Crippen LogP contribution in [0.5, 0.6) is 0 Å². The Balaban J connectivity index is 0.000000142. The standard InChI is InChI=1S/2C13H11N3O/c1-10-6-2-4-8-12(10)15-14-11-7-3-5-9-13(11)16(15)17;1-10-6-8-11(9-7-10)15-14-12-4-2-3-5-13(12)16(15)17/h2*2-9H,1H3. The van der Waals surface area contributed by atoms with E-state index in [-0.39, 0.29) is 0 Å². The van der Waals surface area contributed by atoms with Gasteiger partial charge in [0.1, 0.15) is 11.4 Å². The number of rotatable bonds is 2. The number of aryl methyl sites for hydroxylation is 2. The molecule has 0 aliphatic heterocycles. The summed E-state index contributed by atoms with van der Waals surface area (Å²) >= 11 is 0. The van der Waals surface area contributed by atoms with Gasteiger partial charge in [-0.05, 0) is 71.5 Å².